The zero-order chi connectivity index (χ0) is 20.9. The maximum Gasteiger partial charge on any atom is 0.221 e. The standard InChI is InChI=1S/C25H26N2O3/c1-18(14-19(2)28)20-8-10-23(11-9-20)29-24-16-27(17-24)21-12-13-26-25(15-21)30-22-6-4-3-5-7-22/h3-13,15,18,24H,14,16-17H2,1-2H3/t18-/m1/s1. The van der Waals surface area contributed by atoms with E-state index in [4.69, 9.17) is 9.47 Å². The molecule has 0 saturated carbocycles. The van der Waals surface area contributed by atoms with Crippen LogP contribution in [-0.2, 0) is 4.79 Å². The van der Waals surface area contributed by atoms with Gasteiger partial charge < -0.3 is 19.2 Å². The quantitative estimate of drug-likeness (QED) is 0.517. The lowest BCUT2D eigenvalue weighted by molar-refractivity contribution is -0.117. The third-order valence-corrected chi connectivity index (χ3v) is 5.24. The number of pyridine rings is 1. The van der Waals surface area contributed by atoms with Crippen molar-refractivity contribution in [1.29, 1.82) is 0 Å². The van der Waals surface area contributed by atoms with Gasteiger partial charge in [0.2, 0.25) is 5.88 Å². The van der Waals surface area contributed by atoms with Crippen LogP contribution < -0.4 is 14.4 Å². The Bertz CT molecular complexity index is 983. The van der Waals surface area contributed by atoms with Crippen molar-refractivity contribution in [3.8, 4) is 17.4 Å². The highest BCUT2D eigenvalue weighted by molar-refractivity contribution is 5.76. The molecule has 1 fully saturated rings. The van der Waals surface area contributed by atoms with Gasteiger partial charge in [-0.25, -0.2) is 4.98 Å². The number of hydrogen-bond acceptors (Lipinski definition) is 5. The number of nitrogens with zero attached hydrogens (tertiary/aromatic N) is 2. The molecule has 1 atom stereocenters. The van der Waals surface area contributed by atoms with Gasteiger partial charge in [0.25, 0.3) is 0 Å². The van der Waals surface area contributed by atoms with Crippen molar-refractivity contribution >= 4 is 11.5 Å². The Labute approximate surface area is 177 Å². The third kappa shape index (κ3) is 4.98. The van der Waals surface area contributed by atoms with Gasteiger partial charge in [0.05, 0.1) is 13.1 Å². The van der Waals surface area contributed by atoms with Gasteiger partial charge in [-0.2, -0.15) is 0 Å². The van der Waals surface area contributed by atoms with Crippen molar-refractivity contribution < 1.29 is 14.3 Å². The van der Waals surface area contributed by atoms with E-state index in [-0.39, 0.29) is 17.8 Å². The van der Waals surface area contributed by atoms with Crippen LogP contribution in [0.2, 0.25) is 0 Å². The average molecular weight is 402 g/mol. The van der Waals surface area contributed by atoms with Crippen molar-refractivity contribution in [2.24, 2.45) is 0 Å². The zero-order valence-electron chi connectivity index (χ0n) is 17.3. The van der Waals surface area contributed by atoms with Crippen LogP contribution in [0.4, 0.5) is 5.69 Å². The second-order valence-electron chi connectivity index (χ2n) is 7.79. The lowest BCUT2D eigenvalue weighted by atomic mass is 9.96. The molecule has 5 heteroatoms. The van der Waals surface area contributed by atoms with Gasteiger partial charge in [-0.15, -0.1) is 0 Å². The second-order valence-corrected chi connectivity index (χ2v) is 7.79. The van der Waals surface area contributed by atoms with E-state index in [1.165, 1.54) is 0 Å². The van der Waals surface area contributed by atoms with E-state index in [1.807, 2.05) is 54.6 Å². The number of hydrogen-bond donors (Lipinski definition) is 0. The molecule has 0 radical (unpaired) electrons. The van der Waals surface area contributed by atoms with Crippen LogP contribution in [0.25, 0.3) is 0 Å². The Morgan fingerprint density at radius 1 is 1.07 bits per heavy atom. The summed E-state index contributed by atoms with van der Waals surface area (Å²) >= 11 is 0. The highest BCUT2D eigenvalue weighted by Crippen LogP contribution is 2.29. The summed E-state index contributed by atoms with van der Waals surface area (Å²) in [6.07, 6.45) is 2.49. The molecule has 1 aromatic heterocycles. The van der Waals surface area contributed by atoms with Gasteiger partial charge in [0, 0.05) is 24.4 Å². The lowest BCUT2D eigenvalue weighted by Crippen LogP contribution is -2.54. The average Bonchev–Trinajstić information content (AvgIpc) is 2.71. The number of carbonyl (C=O) groups excluding carboxylic acids is 1. The largest absolute Gasteiger partial charge is 0.487 e. The summed E-state index contributed by atoms with van der Waals surface area (Å²) in [6, 6.07) is 21.7. The Balaban J connectivity index is 1.30. The Hall–Kier alpha value is -3.34. The molecule has 2 heterocycles. The van der Waals surface area contributed by atoms with E-state index in [0.29, 0.717) is 12.3 Å². The molecular formula is C25H26N2O3. The van der Waals surface area contributed by atoms with E-state index in [0.717, 1.165) is 35.8 Å². The van der Waals surface area contributed by atoms with Crippen molar-refractivity contribution in [2.75, 3.05) is 18.0 Å². The molecule has 0 N–H and O–H groups in total. The molecular weight excluding hydrogens is 376 g/mol. The fraction of sp³-hybridized carbons (Fsp3) is 0.280. The summed E-state index contributed by atoms with van der Waals surface area (Å²) in [5.74, 6) is 2.66. The highest BCUT2D eigenvalue weighted by atomic mass is 16.5. The third-order valence-electron chi connectivity index (χ3n) is 5.24. The van der Waals surface area contributed by atoms with Gasteiger partial charge in [-0.3, -0.25) is 0 Å². The molecule has 0 amide bonds. The van der Waals surface area contributed by atoms with Crippen LogP contribution >= 0.6 is 0 Å². The molecule has 0 spiro atoms. The second kappa shape index (κ2) is 8.99. The lowest BCUT2D eigenvalue weighted by Gasteiger charge is -2.40. The monoisotopic (exact) mass is 402 g/mol. The molecule has 5 nitrogen and oxygen atoms in total. The minimum absolute atomic E-state index is 0.150. The fourth-order valence-corrected chi connectivity index (χ4v) is 3.60. The first-order valence-electron chi connectivity index (χ1n) is 10.3. The SMILES string of the molecule is CC(=O)C[C@@H](C)c1ccc(OC2CN(c3ccnc(Oc4ccccc4)c3)C2)cc1. The number of ether oxygens (including phenoxy) is 2. The van der Waals surface area contributed by atoms with Crippen molar-refractivity contribution in [3.05, 3.63) is 78.5 Å². The molecule has 1 saturated heterocycles. The minimum atomic E-state index is 0.150. The maximum atomic E-state index is 11.3. The highest BCUT2D eigenvalue weighted by Gasteiger charge is 2.29. The molecule has 0 bridgehead atoms. The molecule has 4 rings (SSSR count). The topological polar surface area (TPSA) is 51.7 Å². The Morgan fingerprint density at radius 3 is 2.50 bits per heavy atom. The van der Waals surface area contributed by atoms with Crippen molar-refractivity contribution in [3.63, 3.8) is 0 Å². The minimum Gasteiger partial charge on any atom is -0.487 e. The van der Waals surface area contributed by atoms with E-state index in [9.17, 15) is 4.79 Å². The molecule has 0 aliphatic carbocycles. The number of ketones is 1. The molecule has 1 aliphatic heterocycles. The predicted octanol–water partition coefficient (Wildman–Crippen LogP) is 5.22. The summed E-state index contributed by atoms with van der Waals surface area (Å²) in [7, 11) is 0. The maximum absolute atomic E-state index is 11.3. The van der Waals surface area contributed by atoms with E-state index >= 15 is 0 Å². The normalized spacial score (nSPS) is 14.7. The first kappa shape index (κ1) is 20.0. The number of carbonyl (C=O) groups is 1. The van der Waals surface area contributed by atoms with Gasteiger partial charge >= 0.3 is 0 Å². The van der Waals surface area contributed by atoms with Crippen molar-refractivity contribution in [2.45, 2.75) is 32.3 Å². The summed E-state index contributed by atoms with van der Waals surface area (Å²) in [4.78, 5) is 17.9. The van der Waals surface area contributed by atoms with Gasteiger partial charge in [-0.05, 0) is 48.7 Å². The van der Waals surface area contributed by atoms with Crippen LogP contribution in [0.5, 0.6) is 17.4 Å². The summed E-state index contributed by atoms with van der Waals surface area (Å²) in [6.45, 7) is 5.34. The van der Waals surface area contributed by atoms with Gasteiger partial charge in [0.15, 0.2) is 0 Å². The summed E-state index contributed by atoms with van der Waals surface area (Å²) in [5, 5.41) is 0. The van der Waals surface area contributed by atoms with Crippen molar-refractivity contribution in [1.82, 2.24) is 4.98 Å². The number of aromatic nitrogens is 1. The van der Waals surface area contributed by atoms with Crippen LogP contribution in [0.15, 0.2) is 72.9 Å². The molecule has 1 aliphatic rings. The number of rotatable bonds is 8. The molecule has 154 valence electrons. The molecule has 30 heavy (non-hydrogen) atoms. The number of para-hydroxylation sites is 1. The van der Waals surface area contributed by atoms with E-state index in [1.54, 1.807) is 13.1 Å². The van der Waals surface area contributed by atoms with Crippen LogP contribution in [0, 0.1) is 0 Å². The fourth-order valence-electron chi connectivity index (χ4n) is 3.60. The zero-order valence-corrected chi connectivity index (χ0v) is 17.3. The van der Waals surface area contributed by atoms with Crippen LogP contribution in [0.1, 0.15) is 31.7 Å². The number of Topliss-reactive ketones (excluding diaryl/α,β-unsaturated/α-hetero) is 1. The Kier molecular flexibility index (Phi) is 5.98. The summed E-state index contributed by atoms with van der Waals surface area (Å²) < 4.78 is 11.9. The van der Waals surface area contributed by atoms with E-state index < -0.39 is 0 Å². The molecule has 0 unspecified atom stereocenters. The number of anilines is 1. The molecule has 2 aromatic carbocycles. The van der Waals surface area contributed by atoms with Gasteiger partial charge in [0.1, 0.15) is 23.4 Å². The number of benzene rings is 2. The predicted molar refractivity (Wildman–Crippen MR) is 118 cm³/mol. The molecule has 3 aromatic rings. The van der Waals surface area contributed by atoms with Crippen LogP contribution in [0.3, 0.4) is 0 Å². The Morgan fingerprint density at radius 2 is 1.80 bits per heavy atom. The first-order chi connectivity index (χ1) is 14.6. The van der Waals surface area contributed by atoms with Crippen LogP contribution in [-0.4, -0.2) is 30.0 Å². The van der Waals surface area contributed by atoms with Gasteiger partial charge in [-0.1, -0.05) is 37.3 Å². The summed E-state index contributed by atoms with van der Waals surface area (Å²) in [5.41, 5.74) is 2.24. The van der Waals surface area contributed by atoms with E-state index in [2.05, 4.69) is 28.9 Å². The first-order valence-corrected chi connectivity index (χ1v) is 10.3. The smallest absolute Gasteiger partial charge is 0.221 e.